The van der Waals surface area contributed by atoms with Gasteiger partial charge in [-0.2, -0.15) is 14.8 Å². The fraction of sp³-hybridized carbons (Fsp3) is 0. The van der Waals surface area contributed by atoms with Gasteiger partial charge < -0.3 is 5.32 Å². The molecule has 0 fully saturated rings. The summed E-state index contributed by atoms with van der Waals surface area (Å²) in [4.78, 5) is 0. The van der Waals surface area contributed by atoms with E-state index in [4.69, 9.17) is 0 Å². The molecule has 0 saturated carbocycles. The van der Waals surface area contributed by atoms with Crippen molar-refractivity contribution in [3.05, 3.63) is 65.7 Å². The summed E-state index contributed by atoms with van der Waals surface area (Å²) in [6, 6.07) is 0.811. The number of rotatable bonds is 0. The Balaban J connectivity index is 2.78. The van der Waals surface area contributed by atoms with Crippen LogP contribution in [0.4, 0.5) is 8.78 Å². The van der Waals surface area contributed by atoms with E-state index in [1.165, 1.54) is 6.20 Å². The summed E-state index contributed by atoms with van der Waals surface area (Å²) in [5.41, 5.74) is 0.421. The largest absolute Gasteiger partial charge is 0.659 e. The monoisotopic (exact) mass is 206 g/mol. The molecule has 1 aromatic rings. The average molecular weight is 206 g/mol. The van der Waals surface area contributed by atoms with Gasteiger partial charge in [0.25, 0.3) is 0 Å². The molecule has 2 rings (SSSR count). The lowest BCUT2D eigenvalue weighted by molar-refractivity contribution is -0.518. The van der Waals surface area contributed by atoms with Gasteiger partial charge in [0.1, 0.15) is 6.72 Å². The third-order valence-corrected chi connectivity index (χ3v) is 1.96. The van der Waals surface area contributed by atoms with Crippen LogP contribution in [0.1, 0.15) is 0 Å². The number of hydrogen-bond acceptors (Lipinski definition) is 0. The van der Waals surface area contributed by atoms with Gasteiger partial charge in [-0.1, -0.05) is 23.9 Å². The lowest BCUT2D eigenvalue weighted by Crippen LogP contribution is -2.40. The minimum atomic E-state index is -0.677. The van der Waals surface area contributed by atoms with Gasteiger partial charge in [0.05, 0.1) is 0 Å². The van der Waals surface area contributed by atoms with Crippen molar-refractivity contribution in [1.29, 1.82) is 0 Å². The van der Waals surface area contributed by atoms with Crippen molar-refractivity contribution < 1.29 is 13.0 Å². The minimum Gasteiger partial charge on any atom is -0.659 e. The zero-order valence-electron chi connectivity index (χ0n) is 7.82. The van der Waals surface area contributed by atoms with Crippen LogP contribution in [-0.2, 0) is 0 Å². The van der Waals surface area contributed by atoms with Gasteiger partial charge in [0.15, 0.2) is 11.6 Å². The average Bonchev–Trinajstić information content (AvgIpc) is 2.17. The molecule has 15 heavy (non-hydrogen) atoms. The first-order valence-corrected chi connectivity index (χ1v) is 4.31. The Morgan fingerprint density at radius 3 is 2.67 bits per heavy atom. The van der Waals surface area contributed by atoms with Crippen molar-refractivity contribution in [3.8, 4) is 0 Å². The molecule has 0 N–H and O–H groups in total. The second kappa shape index (κ2) is 3.65. The van der Waals surface area contributed by atoms with Crippen LogP contribution in [0.25, 0.3) is 11.0 Å². The molecule has 0 atom stereocenters. The van der Waals surface area contributed by atoms with Gasteiger partial charge >= 0.3 is 0 Å². The third-order valence-electron chi connectivity index (χ3n) is 1.96. The molecule has 76 valence electrons. The third kappa shape index (κ3) is 1.79. The SMILES string of the molecule is C=[n+]1cc(F)cc(F)c1=C1C=CC=C[N-]1. The summed E-state index contributed by atoms with van der Waals surface area (Å²) in [5.74, 6) is -1.34. The van der Waals surface area contributed by atoms with Gasteiger partial charge in [-0.05, 0) is 0 Å². The predicted molar refractivity (Wildman–Crippen MR) is 52.0 cm³/mol. The maximum Gasteiger partial charge on any atom is 0.231 e. The molecule has 0 aromatic carbocycles. The van der Waals surface area contributed by atoms with E-state index in [9.17, 15) is 8.78 Å². The van der Waals surface area contributed by atoms with Crippen LogP contribution in [0.3, 0.4) is 0 Å². The first-order valence-electron chi connectivity index (χ1n) is 4.31. The smallest absolute Gasteiger partial charge is 0.231 e. The summed E-state index contributed by atoms with van der Waals surface area (Å²) in [7, 11) is 0. The van der Waals surface area contributed by atoms with Crippen molar-refractivity contribution in [2.24, 2.45) is 0 Å². The highest BCUT2D eigenvalue weighted by Gasteiger charge is 2.07. The van der Waals surface area contributed by atoms with Crippen molar-refractivity contribution >= 4 is 5.70 Å². The first-order chi connectivity index (χ1) is 7.18. The molecule has 0 unspecified atom stereocenters. The van der Waals surface area contributed by atoms with Crippen molar-refractivity contribution in [2.75, 3.05) is 0 Å². The van der Waals surface area contributed by atoms with E-state index in [2.05, 4.69) is 12.0 Å². The lowest BCUT2D eigenvalue weighted by atomic mass is 10.2. The highest BCUT2D eigenvalue weighted by molar-refractivity contribution is 5.69. The summed E-state index contributed by atoms with van der Waals surface area (Å²) in [5, 5.41) is 4.14. The lowest BCUT2D eigenvalue weighted by Gasteiger charge is -2.17. The van der Waals surface area contributed by atoms with Crippen LogP contribution < -0.4 is 9.59 Å². The Morgan fingerprint density at radius 2 is 2.07 bits per heavy atom. The molecule has 1 aromatic heterocycles. The van der Waals surface area contributed by atoms with Gasteiger partial charge in [-0.15, -0.1) is 0 Å². The zero-order chi connectivity index (χ0) is 10.8. The van der Waals surface area contributed by atoms with E-state index in [0.29, 0.717) is 5.70 Å². The Hall–Kier alpha value is -1.97. The fourth-order valence-electron chi connectivity index (χ4n) is 1.35. The fourth-order valence-corrected chi connectivity index (χ4v) is 1.35. The molecule has 2 nitrogen and oxygen atoms in total. The summed E-state index contributed by atoms with van der Waals surface area (Å²) in [6.07, 6.45) is 7.73. The Kier molecular flexibility index (Phi) is 2.33. The predicted octanol–water partition coefficient (Wildman–Crippen LogP) is 1.46. The standard InChI is InChI=1S/C11H8F2N2/c1-15-7-8(12)6-9(13)11(15)10-4-2-3-5-14-10/h2-7H,1H2. The van der Waals surface area contributed by atoms with E-state index in [-0.39, 0.29) is 5.35 Å². The number of halogens is 2. The highest BCUT2D eigenvalue weighted by Crippen LogP contribution is 2.12. The molecule has 1 aliphatic rings. The first kappa shape index (κ1) is 9.58. The summed E-state index contributed by atoms with van der Waals surface area (Å²) >= 11 is 0. The van der Waals surface area contributed by atoms with Crippen LogP contribution in [0.2, 0.25) is 0 Å². The molecular weight excluding hydrogens is 198 g/mol. The zero-order valence-corrected chi connectivity index (χ0v) is 7.82. The summed E-state index contributed by atoms with van der Waals surface area (Å²) in [6.45, 7) is 3.52. The Bertz CT molecular complexity index is 559. The topological polar surface area (TPSA) is 20.0 Å². The quantitative estimate of drug-likeness (QED) is 0.573. The molecule has 4 heteroatoms. The number of pyridine rings is 1. The molecule has 1 aliphatic heterocycles. The van der Waals surface area contributed by atoms with E-state index in [1.54, 1.807) is 18.2 Å². The van der Waals surface area contributed by atoms with E-state index >= 15 is 0 Å². The molecule has 0 radical (unpaired) electrons. The minimum absolute atomic E-state index is 0.164. The normalized spacial score (nSPS) is 17.7. The van der Waals surface area contributed by atoms with Crippen molar-refractivity contribution in [1.82, 2.24) is 0 Å². The van der Waals surface area contributed by atoms with Gasteiger partial charge in [-0.25, -0.2) is 4.39 Å². The van der Waals surface area contributed by atoms with Gasteiger partial charge in [0, 0.05) is 6.07 Å². The molecule has 2 heterocycles. The second-order valence-corrected chi connectivity index (χ2v) is 3.04. The Morgan fingerprint density at radius 1 is 1.27 bits per heavy atom. The van der Waals surface area contributed by atoms with Crippen LogP contribution in [-0.4, -0.2) is 0 Å². The van der Waals surface area contributed by atoms with Crippen LogP contribution in [0.5, 0.6) is 0 Å². The maximum absolute atomic E-state index is 13.5. The van der Waals surface area contributed by atoms with E-state index in [1.807, 2.05) is 0 Å². The molecule has 0 spiro atoms. The molecular formula is C11H8F2N2. The van der Waals surface area contributed by atoms with Crippen LogP contribution >= 0.6 is 0 Å². The Labute approximate surface area is 85.2 Å². The number of hydrogen-bond donors (Lipinski definition) is 0. The van der Waals surface area contributed by atoms with Crippen molar-refractivity contribution in [2.45, 2.75) is 0 Å². The van der Waals surface area contributed by atoms with E-state index in [0.717, 1.165) is 16.5 Å². The number of allylic oxidation sites excluding steroid dienone is 2. The molecule has 0 bridgehead atoms. The van der Waals surface area contributed by atoms with Crippen LogP contribution in [0, 0.1) is 18.4 Å². The summed E-state index contributed by atoms with van der Waals surface area (Å²) < 4.78 is 27.4. The number of aromatic nitrogens is 1. The molecule has 0 saturated heterocycles. The molecule has 0 amide bonds. The van der Waals surface area contributed by atoms with E-state index < -0.39 is 11.6 Å². The maximum atomic E-state index is 13.5. The molecule has 0 aliphatic carbocycles. The highest BCUT2D eigenvalue weighted by atomic mass is 19.1. The second-order valence-electron chi connectivity index (χ2n) is 3.04. The van der Waals surface area contributed by atoms with Crippen molar-refractivity contribution in [3.63, 3.8) is 0 Å². The van der Waals surface area contributed by atoms with Gasteiger partial charge in [0.2, 0.25) is 11.5 Å². The number of nitrogens with zero attached hydrogens (tertiary/aromatic N) is 2. The van der Waals surface area contributed by atoms with Gasteiger partial charge in [-0.3, -0.25) is 0 Å². The van der Waals surface area contributed by atoms with Crippen LogP contribution in [0.15, 0.2) is 36.7 Å².